The number of hydrogen-bond donors (Lipinski definition) is 2. The fourth-order valence-corrected chi connectivity index (χ4v) is 3.33. The fourth-order valence-electron chi connectivity index (χ4n) is 3.33. The number of amides is 2. The molecule has 0 saturated heterocycles. The van der Waals surface area contributed by atoms with Gasteiger partial charge in [-0.15, -0.1) is 0 Å². The van der Waals surface area contributed by atoms with Crippen molar-refractivity contribution in [1.29, 1.82) is 0 Å². The highest BCUT2D eigenvalue weighted by molar-refractivity contribution is 5.71. The number of hydrogen-bond acceptors (Lipinski definition) is 4. The van der Waals surface area contributed by atoms with E-state index in [-0.39, 0.29) is 0 Å². The van der Waals surface area contributed by atoms with Gasteiger partial charge in [-0.2, -0.15) is 0 Å². The fraction of sp³-hybridized carbons (Fsp3) is 0.500. The van der Waals surface area contributed by atoms with E-state index in [1.807, 2.05) is 18.5 Å². The van der Waals surface area contributed by atoms with Crippen LogP contribution in [0.3, 0.4) is 0 Å². The molecular formula is C22H33N5O. The highest BCUT2D eigenvalue weighted by atomic mass is 16.2. The first kappa shape index (κ1) is 21.8. The van der Waals surface area contributed by atoms with Crippen molar-refractivity contribution in [3.63, 3.8) is 0 Å². The summed E-state index contributed by atoms with van der Waals surface area (Å²) in [4.78, 5) is 22.5. The second kappa shape index (κ2) is 10.8. The molecule has 2 aromatic rings. The minimum atomic E-state index is -0.466. The molecule has 0 bridgehead atoms. The number of aryl methyl sites for hydroxylation is 2. The number of rotatable bonds is 10. The second-order valence-corrected chi connectivity index (χ2v) is 7.68. The van der Waals surface area contributed by atoms with Crippen LogP contribution in [0.25, 0.3) is 0 Å². The minimum Gasteiger partial charge on any atom is -0.352 e. The maximum atomic E-state index is 10.8. The zero-order valence-electron chi connectivity index (χ0n) is 17.5. The highest BCUT2D eigenvalue weighted by Gasteiger charge is 2.14. The van der Waals surface area contributed by atoms with Crippen LogP contribution in [-0.4, -0.2) is 34.0 Å². The monoisotopic (exact) mass is 383 g/mol. The Labute approximate surface area is 168 Å². The Balaban J connectivity index is 2.10. The van der Waals surface area contributed by atoms with E-state index in [0.717, 1.165) is 43.9 Å². The summed E-state index contributed by atoms with van der Waals surface area (Å²) in [6.07, 6.45) is 5.65. The normalized spacial score (nSPS) is 11.2. The lowest BCUT2D eigenvalue weighted by Crippen LogP contribution is -2.31. The van der Waals surface area contributed by atoms with E-state index >= 15 is 0 Å². The van der Waals surface area contributed by atoms with Gasteiger partial charge in [0, 0.05) is 32.0 Å². The second-order valence-electron chi connectivity index (χ2n) is 7.68. The van der Waals surface area contributed by atoms with Gasteiger partial charge in [0.25, 0.3) is 0 Å². The molecule has 2 heterocycles. The number of carbonyl (C=O) groups is 1. The Morgan fingerprint density at radius 1 is 1.18 bits per heavy atom. The molecule has 0 aliphatic heterocycles. The van der Waals surface area contributed by atoms with Crippen LogP contribution in [0.2, 0.25) is 0 Å². The molecule has 0 unspecified atom stereocenters. The molecule has 0 fully saturated rings. The molecule has 0 saturated carbocycles. The van der Waals surface area contributed by atoms with Crippen molar-refractivity contribution in [1.82, 2.24) is 20.2 Å². The quantitative estimate of drug-likeness (QED) is 0.613. The molecule has 2 rings (SSSR count). The van der Waals surface area contributed by atoms with Crippen molar-refractivity contribution in [3.8, 4) is 0 Å². The Hall–Kier alpha value is -2.47. The van der Waals surface area contributed by atoms with Gasteiger partial charge in [-0.05, 0) is 61.9 Å². The van der Waals surface area contributed by atoms with E-state index in [4.69, 9.17) is 5.73 Å². The first-order valence-corrected chi connectivity index (χ1v) is 9.98. The van der Waals surface area contributed by atoms with Gasteiger partial charge in [-0.1, -0.05) is 26.0 Å². The third kappa shape index (κ3) is 6.93. The Morgan fingerprint density at radius 3 is 2.61 bits per heavy atom. The van der Waals surface area contributed by atoms with Crippen LogP contribution in [0.15, 0.2) is 30.6 Å². The predicted molar refractivity (Wildman–Crippen MR) is 113 cm³/mol. The summed E-state index contributed by atoms with van der Waals surface area (Å²) >= 11 is 0. The summed E-state index contributed by atoms with van der Waals surface area (Å²) in [7, 11) is 0. The minimum absolute atomic E-state index is 0.435. The van der Waals surface area contributed by atoms with E-state index in [1.54, 1.807) is 0 Å². The summed E-state index contributed by atoms with van der Waals surface area (Å²) in [6, 6.07) is 5.88. The van der Waals surface area contributed by atoms with E-state index in [9.17, 15) is 4.79 Å². The van der Waals surface area contributed by atoms with Crippen LogP contribution in [0.5, 0.6) is 0 Å². The maximum absolute atomic E-state index is 10.8. The number of unbranched alkanes of at least 4 members (excludes halogenated alkanes) is 1. The van der Waals surface area contributed by atoms with Gasteiger partial charge in [0.2, 0.25) is 0 Å². The van der Waals surface area contributed by atoms with Gasteiger partial charge in [0.05, 0.1) is 11.4 Å². The zero-order chi connectivity index (χ0) is 20.5. The van der Waals surface area contributed by atoms with E-state index in [1.165, 1.54) is 16.7 Å². The molecule has 0 aliphatic carbocycles. The number of nitrogens with two attached hydrogens (primary N) is 1. The molecule has 152 valence electrons. The molecule has 2 aromatic heterocycles. The molecule has 2 amide bonds. The summed E-state index contributed by atoms with van der Waals surface area (Å²) in [5, 5.41) is 2.65. The van der Waals surface area contributed by atoms with Crippen LogP contribution in [0.1, 0.15) is 60.7 Å². The number of urea groups is 1. The lowest BCUT2D eigenvalue weighted by atomic mass is 10.0. The van der Waals surface area contributed by atoms with Gasteiger partial charge in [0.1, 0.15) is 0 Å². The molecule has 6 nitrogen and oxygen atoms in total. The van der Waals surface area contributed by atoms with Gasteiger partial charge in [0.15, 0.2) is 0 Å². The zero-order valence-corrected chi connectivity index (χ0v) is 17.5. The molecule has 0 spiro atoms. The number of nitrogens with zero attached hydrogens (tertiary/aromatic N) is 3. The number of nitrogens with one attached hydrogen (secondary N) is 1. The summed E-state index contributed by atoms with van der Waals surface area (Å²) < 4.78 is 0. The first-order valence-electron chi connectivity index (χ1n) is 9.98. The number of carbonyl (C=O) groups excluding carboxylic acids is 1. The van der Waals surface area contributed by atoms with Crippen LogP contribution in [-0.2, 0) is 13.1 Å². The van der Waals surface area contributed by atoms with Gasteiger partial charge in [-0.25, -0.2) is 4.79 Å². The molecule has 0 aliphatic rings. The summed E-state index contributed by atoms with van der Waals surface area (Å²) in [5.74, 6) is 0.435. The SMILES string of the molecule is Cc1cnc(CN(CCCCNC(N)=O)Cc2ncccc2C(C)C)c(C)c1. The average Bonchev–Trinajstić information content (AvgIpc) is 2.63. The molecule has 0 radical (unpaired) electrons. The average molecular weight is 384 g/mol. The molecule has 0 atom stereocenters. The smallest absolute Gasteiger partial charge is 0.312 e. The highest BCUT2D eigenvalue weighted by Crippen LogP contribution is 2.20. The molecule has 3 N–H and O–H groups in total. The largest absolute Gasteiger partial charge is 0.352 e. The van der Waals surface area contributed by atoms with Gasteiger partial charge < -0.3 is 11.1 Å². The number of aromatic nitrogens is 2. The number of primary amides is 1. The van der Waals surface area contributed by atoms with Crippen molar-refractivity contribution in [2.45, 2.75) is 59.5 Å². The van der Waals surface area contributed by atoms with Crippen molar-refractivity contribution in [3.05, 3.63) is 58.7 Å². The van der Waals surface area contributed by atoms with E-state index in [0.29, 0.717) is 12.5 Å². The van der Waals surface area contributed by atoms with Crippen molar-refractivity contribution in [2.24, 2.45) is 5.73 Å². The van der Waals surface area contributed by atoms with Crippen molar-refractivity contribution < 1.29 is 4.79 Å². The lowest BCUT2D eigenvalue weighted by Gasteiger charge is -2.24. The summed E-state index contributed by atoms with van der Waals surface area (Å²) in [5.41, 5.74) is 11.0. The van der Waals surface area contributed by atoms with Crippen LogP contribution >= 0.6 is 0 Å². The number of pyridine rings is 2. The lowest BCUT2D eigenvalue weighted by molar-refractivity contribution is 0.240. The standard InChI is InChI=1S/C22H33N5O/c1-16(2)19-8-7-10-24-21(19)15-27(11-6-5-9-25-22(23)28)14-20-18(4)12-17(3)13-26-20/h7-8,10,12-13,16H,5-6,9,11,14-15H2,1-4H3,(H3,23,25,28). The Kier molecular flexibility index (Phi) is 8.39. The Morgan fingerprint density at radius 2 is 1.93 bits per heavy atom. The molecular weight excluding hydrogens is 350 g/mol. The maximum Gasteiger partial charge on any atom is 0.312 e. The van der Waals surface area contributed by atoms with E-state index < -0.39 is 6.03 Å². The summed E-state index contributed by atoms with van der Waals surface area (Å²) in [6.45, 7) is 11.7. The molecule has 28 heavy (non-hydrogen) atoms. The third-order valence-corrected chi connectivity index (χ3v) is 4.82. The van der Waals surface area contributed by atoms with Crippen LogP contribution in [0, 0.1) is 13.8 Å². The third-order valence-electron chi connectivity index (χ3n) is 4.82. The Bertz CT molecular complexity index is 775. The van der Waals surface area contributed by atoms with Crippen molar-refractivity contribution >= 4 is 6.03 Å². The molecule has 0 aromatic carbocycles. The topological polar surface area (TPSA) is 84.1 Å². The van der Waals surface area contributed by atoms with Gasteiger partial charge in [-0.3, -0.25) is 14.9 Å². The van der Waals surface area contributed by atoms with Crippen LogP contribution in [0.4, 0.5) is 4.79 Å². The van der Waals surface area contributed by atoms with Crippen LogP contribution < -0.4 is 11.1 Å². The van der Waals surface area contributed by atoms with Crippen molar-refractivity contribution in [2.75, 3.05) is 13.1 Å². The van der Waals surface area contributed by atoms with E-state index in [2.05, 4.69) is 60.0 Å². The molecule has 6 heteroatoms. The predicted octanol–water partition coefficient (Wildman–Crippen LogP) is 3.67. The van der Waals surface area contributed by atoms with Gasteiger partial charge >= 0.3 is 6.03 Å². The first-order chi connectivity index (χ1) is 13.4.